The van der Waals surface area contributed by atoms with Crippen molar-refractivity contribution in [3.63, 3.8) is 0 Å². The van der Waals surface area contributed by atoms with Gasteiger partial charge in [-0.3, -0.25) is 9.80 Å². The van der Waals surface area contributed by atoms with Crippen LogP contribution in [-0.4, -0.2) is 65.4 Å². The second-order valence-electron chi connectivity index (χ2n) is 5.15. The van der Waals surface area contributed by atoms with E-state index in [1.165, 1.54) is 0 Å². The lowest BCUT2D eigenvalue weighted by Gasteiger charge is -2.43. The lowest BCUT2D eigenvalue weighted by Crippen LogP contribution is -2.57. The molecule has 0 amide bonds. The third kappa shape index (κ3) is 2.92. The summed E-state index contributed by atoms with van der Waals surface area (Å²) >= 11 is 0. The molecule has 0 aromatic carbocycles. The maximum Gasteiger partial charge on any atom is 0.415 e. The Labute approximate surface area is 99.2 Å². The molecule has 3 unspecified atom stereocenters. The van der Waals surface area contributed by atoms with Crippen LogP contribution in [0, 0.1) is 0 Å². The molecular weight excluding hydrogens is 233 g/mol. The molecule has 3 nitrogen and oxygen atoms in total. The molecule has 2 fully saturated rings. The molecular formula is C11H19F3N2O. The molecule has 2 rings (SSSR count). The predicted octanol–water partition coefficient (Wildman–Crippen LogP) is 1.08. The van der Waals surface area contributed by atoms with Gasteiger partial charge < -0.3 is 5.11 Å². The smallest absolute Gasteiger partial charge is 0.382 e. The number of piperazine rings is 1. The maximum absolute atomic E-state index is 12.3. The molecule has 3 atom stereocenters. The van der Waals surface area contributed by atoms with Crippen molar-refractivity contribution in [3.8, 4) is 0 Å². The molecule has 0 aliphatic carbocycles. The normalized spacial score (nSPS) is 33.7. The molecule has 2 saturated heterocycles. The fraction of sp³-hybridized carbons (Fsp3) is 1.00. The van der Waals surface area contributed by atoms with E-state index in [-0.39, 0.29) is 12.6 Å². The summed E-state index contributed by atoms with van der Waals surface area (Å²) in [5.74, 6) is 0. The first-order valence-corrected chi connectivity index (χ1v) is 6.11. The summed E-state index contributed by atoms with van der Waals surface area (Å²) in [5.41, 5.74) is 0. The van der Waals surface area contributed by atoms with Gasteiger partial charge in [-0.2, -0.15) is 13.2 Å². The van der Waals surface area contributed by atoms with Crippen LogP contribution in [0.1, 0.15) is 19.8 Å². The van der Waals surface area contributed by atoms with Gasteiger partial charge in [-0.05, 0) is 26.3 Å². The summed E-state index contributed by atoms with van der Waals surface area (Å²) in [6.45, 7) is 4.15. The minimum Gasteiger partial charge on any atom is -0.382 e. The molecule has 0 saturated carbocycles. The zero-order valence-corrected chi connectivity index (χ0v) is 9.95. The number of aliphatic hydroxyl groups is 1. The van der Waals surface area contributed by atoms with Gasteiger partial charge in [0.25, 0.3) is 0 Å². The van der Waals surface area contributed by atoms with Crippen LogP contribution in [0.4, 0.5) is 13.2 Å². The predicted molar refractivity (Wildman–Crippen MR) is 57.7 cm³/mol. The van der Waals surface area contributed by atoms with E-state index in [1.807, 2.05) is 6.92 Å². The van der Waals surface area contributed by atoms with Crippen LogP contribution >= 0.6 is 0 Å². The van der Waals surface area contributed by atoms with Crippen LogP contribution in [0.15, 0.2) is 0 Å². The van der Waals surface area contributed by atoms with Crippen LogP contribution in [0.5, 0.6) is 0 Å². The van der Waals surface area contributed by atoms with Gasteiger partial charge >= 0.3 is 6.18 Å². The second kappa shape index (κ2) is 4.74. The lowest BCUT2D eigenvalue weighted by molar-refractivity contribution is -0.211. The van der Waals surface area contributed by atoms with Crippen molar-refractivity contribution >= 4 is 0 Å². The first-order chi connectivity index (χ1) is 7.88. The zero-order chi connectivity index (χ0) is 12.6. The summed E-state index contributed by atoms with van der Waals surface area (Å²) in [7, 11) is 0. The summed E-state index contributed by atoms with van der Waals surface area (Å²) in [4.78, 5) is 4.12. The Bertz CT molecular complexity index is 272. The van der Waals surface area contributed by atoms with E-state index in [9.17, 15) is 13.2 Å². The molecule has 100 valence electrons. The fourth-order valence-electron chi connectivity index (χ4n) is 2.83. The fourth-order valence-corrected chi connectivity index (χ4v) is 2.83. The highest BCUT2D eigenvalue weighted by atomic mass is 19.4. The van der Waals surface area contributed by atoms with Gasteiger partial charge in [0.2, 0.25) is 0 Å². The Hall–Kier alpha value is -0.330. The number of hydrogen-bond donors (Lipinski definition) is 1. The third-order valence-electron chi connectivity index (χ3n) is 3.85. The number of alkyl halides is 3. The Morgan fingerprint density at radius 3 is 2.71 bits per heavy atom. The van der Waals surface area contributed by atoms with Gasteiger partial charge in [0.05, 0.1) is 0 Å². The van der Waals surface area contributed by atoms with E-state index in [1.54, 1.807) is 4.90 Å². The molecule has 0 radical (unpaired) electrons. The van der Waals surface area contributed by atoms with Crippen molar-refractivity contribution in [3.05, 3.63) is 0 Å². The van der Waals surface area contributed by atoms with Gasteiger partial charge in [-0.15, -0.1) is 0 Å². The summed E-state index contributed by atoms with van der Waals surface area (Å²) in [6.07, 6.45) is -4.54. The molecule has 2 heterocycles. The SMILES string of the molecule is CC1CN2CCCC2CN1CC(O)C(F)(F)F. The number of hydrogen-bond acceptors (Lipinski definition) is 3. The van der Waals surface area contributed by atoms with E-state index >= 15 is 0 Å². The van der Waals surface area contributed by atoms with Crippen molar-refractivity contribution in [2.45, 2.75) is 44.1 Å². The first-order valence-electron chi connectivity index (χ1n) is 6.11. The van der Waals surface area contributed by atoms with E-state index in [4.69, 9.17) is 5.11 Å². The van der Waals surface area contributed by atoms with Crippen LogP contribution in [0.2, 0.25) is 0 Å². The van der Waals surface area contributed by atoms with Crippen molar-refractivity contribution in [1.82, 2.24) is 9.80 Å². The number of nitrogens with zero attached hydrogens (tertiary/aromatic N) is 2. The highest BCUT2D eigenvalue weighted by Crippen LogP contribution is 2.27. The molecule has 0 bridgehead atoms. The second-order valence-corrected chi connectivity index (χ2v) is 5.15. The number of fused-ring (bicyclic) bond motifs is 1. The van der Waals surface area contributed by atoms with E-state index < -0.39 is 12.3 Å². The van der Waals surface area contributed by atoms with Gasteiger partial charge in [0.15, 0.2) is 6.10 Å². The largest absolute Gasteiger partial charge is 0.415 e. The van der Waals surface area contributed by atoms with E-state index in [0.29, 0.717) is 12.6 Å². The quantitative estimate of drug-likeness (QED) is 0.796. The topological polar surface area (TPSA) is 26.7 Å². The monoisotopic (exact) mass is 252 g/mol. The minimum absolute atomic E-state index is 0.0846. The van der Waals surface area contributed by atoms with Crippen molar-refractivity contribution in [1.29, 1.82) is 0 Å². The Balaban J connectivity index is 1.92. The molecule has 0 spiro atoms. The van der Waals surface area contributed by atoms with Crippen LogP contribution in [0.25, 0.3) is 0 Å². The molecule has 1 N–H and O–H groups in total. The zero-order valence-electron chi connectivity index (χ0n) is 9.95. The van der Waals surface area contributed by atoms with Crippen LogP contribution in [-0.2, 0) is 0 Å². The third-order valence-corrected chi connectivity index (χ3v) is 3.85. The average molecular weight is 252 g/mol. The van der Waals surface area contributed by atoms with Crippen molar-refractivity contribution in [2.75, 3.05) is 26.2 Å². The van der Waals surface area contributed by atoms with Crippen molar-refractivity contribution in [2.24, 2.45) is 0 Å². The van der Waals surface area contributed by atoms with E-state index in [0.717, 1.165) is 25.9 Å². The molecule has 0 aromatic rings. The van der Waals surface area contributed by atoms with Crippen LogP contribution < -0.4 is 0 Å². The lowest BCUT2D eigenvalue weighted by atomic mass is 10.1. The van der Waals surface area contributed by atoms with E-state index in [2.05, 4.69) is 4.90 Å². The molecule has 2 aliphatic rings. The summed E-state index contributed by atoms with van der Waals surface area (Å²) in [5, 5.41) is 9.12. The van der Waals surface area contributed by atoms with Gasteiger partial charge in [-0.1, -0.05) is 0 Å². The van der Waals surface area contributed by atoms with Gasteiger partial charge in [0, 0.05) is 31.7 Å². The minimum atomic E-state index is -4.51. The standard InChI is InChI=1S/C11H19F3N2O/c1-8-5-15-4-2-3-9(15)6-16(8)7-10(17)11(12,13)14/h8-10,17H,2-7H2,1H3. The number of aliphatic hydroxyl groups excluding tert-OH is 1. The molecule has 2 aliphatic heterocycles. The highest BCUT2D eigenvalue weighted by Gasteiger charge is 2.42. The Morgan fingerprint density at radius 1 is 1.35 bits per heavy atom. The number of rotatable bonds is 2. The summed E-state index contributed by atoms with van der Waals surface area (Å²) in [6, 6.07) is 0.466. The van der Waals surface area contributed by atoms with Crippen molar-refractivity contribution < 1.29 is 18.3 Å². The van der Waals surface area contributed by atoms with Gasteiger partial charge in [0.1, 0.15) is 0 Å². The first kappa shape index (κ1) is 13.1. The average Bonchev–Trinajstić information content (AvgIpc) is 2.63. The number of halogens is 3. The highest BCUT2D eigenvalue weighted by molar-refractivity contribution is 4.91. The number of β-amino-alcohol motifs (C(OH)–C–C–N with tert-alkyl or cyclic N) is 1. The molecule has 6 heteroatoms. The Kier molecular flexibility index (Phi) is 3.66. The Morgan fingerprint density at radius 2 is 2.06 bits per heavy atom. The van der Waals surface area contributed by atoms with Gasteiger partial charge in [-0.25, -0.2) is 0 Å². The maximum atomic E-state index is 12.3. The van der Waals surface area contributed by atoms with Crippen LogP contribution in [0.3, 0.4) is 0 Å². The summed E-state index contributed by atoms with van der Waals surface area (Å²) < 4.78 is 36.9. The molecule has 0 aromatic heterocycles. The molecule has 17 heavy (non-hydrogen) atoms.